The molecule has 88 valence electrons. The maximum atomic E-state index is 5.76. The van der Waals surface area contributed by atoms with Crippen LogP contribution in [0, 0.1) is 6.92 Å². The summed E-state index contributed by atoms with van der Waals surface area (Å²) in [6.07, 6.45) is 2.33. The zero-order valence-corrected chi connectivity index (χ0v) is 10.0. The Hall–Kier alpha value is -1.22. The molecular weight excluding hydrogens is 200 g/mol. The fourth-order valence-corrected chi connectivity index (χ4v) is 2.00. The van der Waals surface area contributed by atoms with Gasteiger partial charge in [0, 0.05) is 0 Å². The van der Waals surface area contributed by atoms with Gasteiger partial charge in [-0.05, 0) is 51.1 Å². The molecule has 1 atom stereocenters. The molecule has 0 saturated heterocycles. The highest BCUT2D eigenvalue weighted by Gasteiger charge is 2.17. The first kappa shape index (κ1) is 11.3. The van der Waals surface area contributed by atoms with Crippen molar-refractivity contribution in [2.75, 3.05) is 25.5 Å². The summed E-state index contributed by atoms with van der Waals surface area (Å²) in [6.45, 7) is 3.93. The van der Waals surface area contributed by atoms with Crippen LogP contribution < -0.4 is 15.4 Å². The highest BCUT2D eigenvalue weighted by Crippen LogP contribution is 2.30. The summed E-state index contributed by atoms with van der Waals surface area (Å²) in [5.74, 6) is 0.991. The van der Waals surface area contributed by atoms with Gasteiger partial charge < -0.3 is 15.4 Å². The van der Waals surface area contributed by atoms with Crippen LogP contribution in [0.15, 0.2) is 18.2 Å². The Labute approximate surface area is 97.2 Å². The molecule has 1 heterocycles. The number of nitrogens with one attached hydrogen (secondary N) is 2. The average molecular weight is 220 g/mol. The minimum absolute atomic E-state index is 0.448. The van der Waals surface area contributed by atoms with E-state index in [1.165, 1.54) is 12.0 Å². The predicted molar refractivity (Wildman–Crippen MR) is 67.2 cm³/mol. The maximum Gasteiger partial charge on any atom is 0.142 e. The van der Waals surface area contributed by atoms with Crippen molar-refractivity contribution in [3.05, 3.63) is 23.8 Å². The number of hydrogen-bond donors (Lipinski definition) is 2. The Kier molecular flexibility index (Phi) is 3.67. The summed E-state index contributed by atoms with van der Waals surface area (Å²) in [5.41, 5.74) is 2.38. The van der Waals surface area contributed by atoms with Gasteiger partial charge in [-0.3, -0.25) is 0 Å². The van der Waals surface area contributed by atoms with Gasteiger partial charge in [-0.15, -0.1) is 0 Å². The van der Waals surface area contributed by atoms with E-state index in [2.05, 4.69) is 35.8 Å². The van der Waals surface area contributed by atoms with E-state index in [0.29, 0.717) is 6.04 Å². The highest BCUT2D eigenvalue weighted by atomic mass is 16.5. The van der Waals surface area contributed by atoms with E-state index in [1.54, 1.807) is 0 Å². The molecule has 0 bridgehead atoms. The van der Waals surface area contributed by atoms with Crippen molar-refractivity contribution in [1.82, 2.24) is 5.32 Å². The molecule has 0 spiro atoms. The number of fused-ring (bicyclic) bond motifs is 1. The lowest BCUT2D eigenvalue weighted by molar-refractivity contribution is 0.276. The van der Waals surface area contributed by atoms with Crippen molar-refractivity contribution < 1.29 is 4.74 Å². The van der Waals surface area contributed by atoms with Crippen LogP contribution in [0.3, 0.4) is 0 Å². The molecule has 16 heavy (non-hydrogen) atoms. The fraction of sp³-hybridized carbons (Fsp3) is 0.538. The van der Waals surface area contributed by atoms with Crippen molar-refractivity contribution in [1.29, 1.82) is 0 Å². The summed E-state index contributed by atoms with van der Waals surface area (Å²) in [6, 6.07) is 6.76. The van der Waals surface area contributed by atoms with E-state index in [0.717, 1.165) is 31.0 Å². The van der Waals surface area contributed by atoms with Gasteiger partial charge in [0.05, 0.1) is 11.7 Å². The summed E-state index contributed by atoms with van der Waals surface area (Å²) in [4.78, 5) is 0. The minimum atomic E-state index is 0.448. The second kappa shape index (κ2) is 5.21. The smallest absolute Gasteiger partial charge is 0.142 e. The standard InChI is InChI=1S/C13H20N2O/c1-10-5-6-12-13(8-10)16-9-11(15-12)4-3-7-14-2/h5-6,8,11,14-15H,3-4,7,9H2,1-2H3. The lowest BCUT2D eigenvalue weighted by Crippen LogP contribution is -2.32. The van der Waals surface area contributed by atoms with Crippen LogP contribution >= 0.6 is 0 Å². The number of hydrogen-bond acceptors (Lipinski definition) is 3. The lowest BCUT2D eigenvalue weighted by Gasteiger charge is -2.27. The third kappa shape index (κ3) is 2.67. The third-order valence-electron chi connectivity index (χ3n) is 2.92. The number of aryl methyl sites for hydroxylation is 1. The van der Waals surface area contributed by atoms with Gasteiger partial charge in [0.2, 0.25) is 0 Å². The molecule has 1 aromatic carbocycles. The molecular formula is C13H20N2O. The monoisotopic (exact) mass is 220 g/mol. The summed E-state index contributed by atoms with van der Waals surface area (Å²) in [5, 5.41) is 6.70. The van der Waals surface area contributed by atoms with Crippen LogP contribution in [0.25, 0.3) is 0 Å². The largest absolute Gasteiger partial charge is 0.489 e. The fourth-order valence-electron chi connectivity index (χ4n) is 2.00. The second-order valence-corrected chi connectivity index (χ2v) is 4.40. The second-order valence-electron chi connectivity index (χ2n) is 4.40. The van der Waals surface area contributed by atoms with Crippen LogP contribution in [0.2, 0.25) is 0 Å². The van der Waals surface area contributed by atoms with Gasteiger partial charge >= 0.3 is 0 Å². The van der Waals surface area contributed by atoms with E-state index in [1.807, 2.05) is 7.05 Å². The summed E-state index contributed by atoms with van der Waals surface area (Å²) >= 11 is 0. The first-order chi connectivity index (χ1) is 7.79. The highest BCUT2D eigenvalue weighted by molar-refractivity contribution is 5.59. The molecule has 2 N–H and O–H groups in total. The molecule has 0 saturated carbocycles. The predicted octanol–water partition coefficient (Wildman–Crippen LogP) is 2.17. The molecule has 0 fully saturated rings. The zero-order valence-electron chi connectivity index (χ0n) is 10.0. The summed E-state index contributed by atoms with van der Waals surface area (Å²) < 4.78 is 5.76. The first-order valence-electron chi connectivity index (χ1n) is 5.94. The van der Waals surface area contributed by atoms with Crippen molar-refractivity contribution in [3.8, 4) is 5.75 Å². The van der Waals surface area contributed by atoms with Crippen molar-refractivity contribution >= 4 is 5.69 Å². The Morgan fingerprint density at radius 1 is 1.50 bits per heavy atom. The molecule has 0 radical (unpaired) electrons. The normalized spacial score (nSPS) is 18.5. The van der Waals surface area contributed by atoms with Gasteiger partial charge in [-0.1, -0.05) is 6.07 Å². The number of benzene rings is 1. The van der Waals surface area contributed by atoms with Gasteiger partial charge in [0.15, 0.2) is 0 Å². The topological polar surface area (TPSA) is 33.3 Å². The van der Waals surface area contributed by atoms with E-state index < -0.39 is 0 Å². The molecule has 3 heteroatoms. The molecule has 1 aromatic rings. The van der Waals surface area contributed by atoms with Gasteiger partial charge in [-0.2, -0.15) is 0 Å². The molecule has 1 aliphatic rings. The quantitative estimate of drug-likeness (QED) is 0.763. The Bertz CT molecular complexity index is 352. The van der Waals surface area contributed by atoms with E-state index in [-0.39, 0.29) is 0 Å². The van der Waals surface area contributed by atoms with Crippen LogP contribution in [-0.2, 0) is 0 Å². The van der Waals surface area contributed by atoms with Crippen LogP contribution in [0.5, 0.6) is 5.75 Å². The minimum Gasteiger partial charge on any atom is -0.489 e. The number of ether oxygens (including phenoxy) is 1. The van der Waals surface area contributed by atoms with Crippen molar-refractivity contribution in [2.24, 2.45) is 0 Å². The lowest BCUT2D eigenvalue weighted by atomic mass is 10.1. The Morgan fingerprint density at radius 2 is 2.38 bits per heavy atom. The van der Waals surface area contributed by atoms with Crippen LogP contribution in [0.1, 0.15) is 18.4 Å². The number of anilines is 1. The van der Waals surface area contributed by atoms with Crippen LogP contribution in [0.4, 0.5) is 5.69 Å². The molecule has 3 nitrogen and oxygen atoms in total. The first-order valence-corrected chi connectivity index (χ1v) is 5.94. The van der Waals surface area contributed by atoms with Gasteiger partial charge in [0.25, 0.3) is 0 Å². The maximum absolute atomic E-state index is 5.76. The van der Waals surface area contributed by atoms with Crippen molar-refractivity contribution in [2.45, 2.75) is 25.8 Å². The zero-order chi connectivity index (χ0) is 11.4. The summed E-state index contributed by atoms with van der Waals surface area (Å²) in [7, 11) is 1.99. The Morgan fingerprint density at radius 3 is 3.19 bits per heavy atom. The van der Waals surface area contributed by atoms with E-state index in [4.69, 9.17) is 4.74 Å². The third-order valence-corrected chi connectivity index (χ3v) is 2.92. The molecule has 0 amide bonds. The molecule has 2 rings (SSSR count). The van der Waals surface area contributed by atoms with Gasteiger partial charge in [0.1, 0.15) is 12.4 Å². The average Bonchev–Trinajstić information content (AvgIpc) is 2.29. The Balaban J connectivity index is 1.93. The molecule has 1 unspecified atom stereocenters. The molecule has 0 aliphatic carbocycles. The van der Waals surface area contributed by atoms with E-state index >= 15 is 0 Å². The van der Waals surface area contributed by atoms with Crippen molar-refractivity contribution in [3.63, 3.8) is 0 Å². The molecule has 1 aliphatic heterocycles. The van der Waals surface area contributed by atoms with Gasteiger partial charge in [-0.25, -0.2) is 0 Å². The number of rotatable bonds is 4. The van der Waals surface area contributed by atoms with E-state index in [9.17, 15) is 0 Å². The SMILES string of the molecule is CNCCCC1COc2cc(C)ccc2N1. The molecule has 0 aromatic heterocycles. The van der Waals surface area contributed by atoms with Crippen LogP contribution in [-0.4, -0.2) is 26.2 Å².